The number of hydrogen-bond acceptors (Lipinski definition) is 5. The van der Waals surface area contributed by atoms with E-state index in [2.05, 4.69) is 15.5 Å². The lowest BCUT2D eigenvalue weighted by Gasteiger charge is -2.11. The Kier molecular flexibility index (Phi) is 3.01. The number of aromatic nitrogens is 4. The monoisotopic (exact) mass is 268 g/mol. The molecule has 7 heteroatoms. The molecule has 0 atom stereocenters. The maximum absolute atomic E-state index is 10.8. The topological polar surface area (TPSA) is 80.9 Å². The normalized spacial score (nSPS) is 20.9. The van der Waals surface area contributed by atoms with Crippen molar-refractivity contribution in [2.24, 2.45) is 5.41 Å². The molecule has 0 aromatic carbocycles. The van der Waals surface area contributed by atoms with Crippen molar-refractivity contribution in [3.8, 4) is 0 Å². The highest BCUT2D eigenvalue weighted by molar-refractivity contribution is 7.98. The molecule has 98 valence electrons. The van der Waals surface area contributed by atoms with E-state index in [9.17, 15) is 4.79 Å². The first-order valence-electron chi connectivity index (χ1n) is 6.25. The Hall–Kier alpha value is -1.11. The van der Waals surface area contributed by atoms with E-state index in [0.29, 0.717) is 12.5 Å². The highest BCUT2D eigenvalue weighted by atomic mass is 32.2. The van der Waals surface area contributed by atoms with Gasteiger partial charge in [0.2, 0.25) is 0 Å². The summed E-state index contributed by atoms with van der Waals surface area (Å²) < 4.78 is 1.92. The van der Waals surface area contributed by atoms with E-state index in [0.717, 1.165) is 30.2 Å². The van der Waals surface area contributed by atoms with Crippen LogP contribution in [-0.2, 0) is 10.5 Å². The van der Waals surface area contributed by atoms with Gasteiger partial charge in [-0.1, -0.05) is 0 Å². The molecule has 18 heavy (non-hydrogen) atoms. The number of carboxylic acids is 1. The van der Waals surface area contributed by atoms with E-state index in [1.807, 2.05) is 4.68 Å². The molecular formula is C11H16N4O2S. The second-order valence-corrected chi connectivity index (χ2v) is 6.32. The summed E-state index contributed by atoms with van der Waals surface area (Å²) in [6.45, 7) is 0. The molecule has 6 nitrogen and oxygen atoms in total. The number of hydrogen-bond donors (Lipinski definition) is 1. The van der Waals surface area contributed by atoms with Gasteiger partial charge >= 0.3 is 5.97 Å². The van der Waals surface area contributed by atoms with Gasteiger partial charge in [-0.25, -0.2) is 4.68 Å². The zero-order chi connectivity index (χ0) is 12.6. The molecule has 0 unspecified atom stereocenters. The highest BCUT2D eigenvalue weighted by Gasteiger charge is 2.44. The molecule has 0 aliphatic heterocycles. The van der Waals surface area contributed by atoms with Crippen molar-refractivity contribution >= 4 is 17.7 Å². The Bertz CT molecular complexity index is 454. The summed E-state index contributed by atoms with van der Waals surface area (Å²) in [5.41, 5.74) is 0.0500. The largest absolute Gasteiger partial charge is 0.481 e. The molecule has 0 amide bonds. The van der Waals surface area contributed by atoms with Gasteiger partial charge < -0.3 is 5.11 Å². The van der Waals surface area contributed by atoms with Crippen LogP contribution in [0.3, 0.4) is 0 Å². The molecule has 0 saturated heterocycles. The van der Waals surface area contributed by atoms with Crippen LogP contribution in [0.5, 0.6) is 0 Å². The lowest BCUT2D eigenvalue weighted by molar-refractivity contribution is -0.138. The maximum Gasteiger partial charge on any atom is 0.303 e. The third-order valence-electron chi connectivity index (χ3n) is 3.58. The first kappa shape index (κ1) is 12.0. The van der Waals surface area contributed by atoms with Crippen molar-refractivity contribution in [3.63, 3.8) is 0 Å². The van der Waals surface area contributed by atoms with Gasteiger partial charge in [0.1, 0.15) is 0 Å². The molecule has 0 radical (unpaired) electrons. The number of carbonyl (C=O) groups is 1. The number of nitrogens with zero attached hydrogens (tertiary/aromatic N) is 4. The van der Waals surface area contributed by atoms with E-state index in [4.69, 9.17) is 5.11 Å². The third-order valence-corrected chi connectivity index (χ3v) is 4.86. The van der Waals surface area contributed by atoms with Crippen LogP contribution in [0, 0.1) is 5.41 Å². The number of tetrazole rings is 1. The van der Waals surface area contributed by atoms with Crippen LogP contribution in [0.2, 0.25) is 0 Å². The summed E-state index contributed by atoms with van der Waals surface area (Å²) in [7, 11) is 0. The summed E-state index contributed by atoms with van der Waals surface area (Å²) in [5.74, 6) is 1.92. The van der Waals surface area contributed by atoms with Crippen molar-refractivity contribution in [2.75, 3.05) is 5.75 Å². The lowest BCUT2D eigenvalue weighted by Crippen LogP contribution is -2.11. The molecule has 1 heterocycles. The molecule has 2 fully saturated rings. The summed E-state index contributed by atoms with van der Waals surface area (Å²) in [4.78, 5) is 10.8. The molecule has 2 aliphatic rings. The number of rotatable bonds is 7. The minimum absolute atomic E-state index is 0.0500. The Morgan fingerprint density at radius 1 is 1.50 bits per heavy atom. The van der Waals surface area contributed by atoms with Crippen LogP contribution < -0.4 is 0 Å². The summed E-state index contributed by atoms with van der Waals surface area (Å²) in [6, 6.07) is 0.504. The smallest absolute Gasteiger partial charge is 0.303 e. The minimum Gasteiger partial charge on any atom is -0.481 e. The standard InChI is InChI=1S/C11H16N4O2S/c16-10(17)5-11(3-4-11)7-18-6-9-12-13-14-15(9)8-1-2-8/h8H,1-7H2,(H,16,17). The SMILES string of the molecule is O=C(O)CC1(CSCc2nnnn2C2CC2)CC1. The minimum atomic E-state index is -0.684. The maximum atomic E-state index is 10.8. The van der Waals surface area contributed by atoms with Crippen molar-refractivity contribution in [2.45, 2.75) is 43.9 Å². The van der Waals surface area contributed by atoms with E-state index < -0.39 is 5.97 Å². The molecule has 2 saturated carbocycles. The van der Waals surface area contributed by atoms with Gasteiger partial charge in [-0.05, 0) is 47.3 Å². The van der Waals surface area contributed by atoms with Gasteiger partial charge in [0, 0.05) is 0 Å². The van der Waals surface area contributed by atoms with Gasteiger partial charge in [-0.15, -0.1) is 5.10 Å². The second kappa shape index (κ2) is 4.53. The Morgan fingerprint density at radius 3 is 2.89 bits per heavy atom. The average molecular weight is 268 g/mol. The lowest BCUT2D eigenvalue weighted by atomic mass is 10.1. The molecule has 0 bridgehead atoms. The van der Waals surface area contributed by atoms with Gasteiger partial charge in [-0.2, -0.15) is 11.8 Å². The van der Waals surface area contributed by atoms with Crippen LogP contribution in [-0.4, -0.2) is 37.0 Å². The predicted molar refractivity (Wildman–Crippen MR) is 66.2 cm³/mol. The average Bonchev–Trinajstić information content (AvgIpc) is 3.22. The van der Waals surface area contributed by atoms with Crippen molar-refractivity contribution in [3.05, 3.63) is 5.82 Å². The van der Waals surface area contributed by atoms with E-state index in [1.54, 1.807) is 11.8 Å². The van der Waals surface area contributed by atoms with Crippen LogP contribution in [0.25, 0.3) is 0 Å². The molecule has 0 spiro atoms. The first-order chi connectivity index (χ1) is 8.69. The molecule has 1 aromatic rings. The third kappa shape index (κ3) is 2.66. The Labute approximate surface area is 109 Å². The fourth-order valence-electron chi connectivity index (χ4n) is 2.14. The first-order valence-corrected chi connectivity index (χ1v) is 7.40. The molecule has 3 rings (SSSR count). The quantitative estimate of drug-likeness (QED) is 0.807. The molecule has 1 aromatic heterocycles. The van der Waals surface area contributed by atoms with E-state index >= 15 is 0 Å². The number of carboxylic acid groups (broad SMARTS) is 1. The summed E-state index contributed by atoms with van der Waals surface area (Å²) in [5, 5.41) is 20.6. The van der Waals surface area contributed by atoms with Crippen molar-refractivity contribution in [1.29, 1.82) is 0 Å². The fraction of sp³-hybridized carbons (Fsp3) is 0.818. The van der Waals surface area contributed by atoms with Gasteiger partial charge in [0.05, 0.1) is 18.2 Å². The second-order valence-electron chi connectivity index (χ2n) is 5.33. The van der Waals surface area contributed by atoms with Gasteiger partial charge in [0.25, 0.3) is 0 Å². The van der Waals surface area contributed by atoms with Crippen molar-refractivity contribution < 1.29 is 9.90 Å². The zero-order valence-corrected chi connectivity index (χ0v) is 10.9. The summed E-state index contributed by atoms with van der Waals surface area (Å²) in [6.07, 6.45) is 4.73. The fourth-order valence-corrected chi connectivity index (χ4v) is 3.44. The molecule has 1 N–H and O–H groups in total. The zero-order valence-electron chi connectivity index (χ0n) is 10.1. The summed E-state index contributed by atoms with van der Waals surface area (Å²) >= 11 is 1.76. The van der Waals surface area contributed by atoms with Gasteiger partial charge in [-0.3, -0.25) is 4.79 Å². The van der Waals surface area contributed by atoms with Crippen LogP contribution >= 0.6 is 11.8 Å². The molecule has 2 aliphatic carbocycles. The van der Waals surface area contributed by atoms with Crippen LogP contribution in [0.4, 0.5) is 0 Å². The van der Waals surface area contributed by atoms with Crippen LogP contribution in [0.15, 0.2) is 0 Å². The highest BCUT2D eigenvalue weighted by Crippen LogP contribution is 2.51. The number of thioether (sulfide) groups is 1. The Balaban J connectivity index is 1.49. The van der Waals surface area contributed by atoms with E-state index in [-0.39, 0.29) is 5.41 Å². The Morgan fingerprint density at radius 2 is 2.28 bits per heavy atom. The molecular weight excluding hydrogens is 252 g/mol. The van der Waals surface area contributed by atoms with E-state index in [1.165, 1.54) is 12.8 Å². The number of aliphatic carboxylic acids is 1. The predicted octanol–water partition coefficient (Wildman–Crippen LogP) is 1.50. The van der Waals surface area contributed by atoms with Crippen LogP contribution in [0.1, 0.15) is 44.0 Å². The van der Waals surface area contributed by atoms with Gasteiger partial charge in [0.15, 0.2) is 5.82 Å². The van der Waals surface area contributed by atoms with Crippen molar-refractivity contribution in [1.82, 2.24) is 20.2 Å².